The van der Waals surface area contributed by atoms with Crippen LogP contribution in [-0.2, 0) is 81.6 Å². The number of nitrogens with one attached hydrogen (secondary N) is 10. The van der Waals surface area contributed by atoms with Crippen molar-refractivity contribution in [1.29, 1.82) is 0 Å². The van der Waals surface area contributed by atoms with Crippen molar-refractivity contribution in [3.8, 4) is 11.5 Å². The van der Waals surface area contributed by atoms with E-state index in [0.717, 1.165) is 16.7 Å². The van der Waals surface area contributed by atoms with Gasteiger partial charge in [-0.3, -0.25) is 72.5 Å². The zero-order valence-electron chi connectivity index (χ0n) is 66.0. The Bertz CT molecular complexity index is 3740. The first-order chi connectivity index (χ1) is 53.5. The van der Waals surface area contributed by atoms with Crippen molar-refractivity contribution >= 4 is 88.8 Å². The van der Waals surface area contributed by atoms with E-state index in [4.69, 9.17) is 50.7 Å². The molecule has 1 saturated heterocycles. The fourth-order valence-electron chi connectivity index (χ4n) is 12.6. The maximum atomic E-state index is 14.9. The molecule has 0 aliphatic carbocycles. The average molecular weight is 1580 g/mol. The van der Waals surface area contributed by atoms with E-state index in [9.17, 15) is 67.7 Å². The number of hydrogen-bond donors (Lipinski definition) is 20. The van der Waals surface area contributed by atoms with Crippen LogP contribution >= 0.6 is 0 Å². The number of primary amides is 1. The number of carbonyl (C=O) groups is 12. The third-order valence-electron chi connectivity index (χ3n) is 19.0. The molecule has 0 radical (unpaired) electrons. The van der Waals surface area contributed by atoms with Gasteiger partial charge in [0.15, 0.2) is 17.9 Å². The number of aliphatic imine (C=N–C) groups is 3. The number of hydrogen-bond acceptors (Lipinski definition) is 20. The van der Waals surface area contributed by atoms with Crippen LogP contribution < -0.4 is 99.2 Å². The second kappa shape index (κ2) is 48.4. The second-order valence-corrected chi connectivity index (χ2v) is 28.9. The van der Waals surface area contributed by atoms with Gasteiger partial charge in [-0.25, -0.2) is 0 Å². The molecule has 3 aromatic rings. The first-order valence-electron chi connectivity index (χ1n) is 38.2. The number of phenols is 2. The Morgan fingerprint density at radius 1 is 0.531 bits per heavy atom. The molecule has 1 aliphatic heterocycles. The Morgan fingerprint density at radius 2 is 1.03 bits per heavy atom. The highest BCUT2D eigenvalue weighted by molar-refractivity contribution is 5.99. The van der Waals surface area contributed by atoms with E-state index in [1.54, 1.807) is 103 Å². The predicted molar refractivity (Wildman–Crippen MR) is 425 cm³/mol. The summed E-state index contributed by atoms with van der Waals surface area (Å²) >= 11 is 0. The van der Waals surface area contributed by atoms with Crippen LogP contribution in [0.15, 0.2) is 81.7 Å². The topological polar surface area (TPSA) is 623 Å². The molecule has 3 aromatic carbocycles. The zero-order chi connectivity index (χ0) is 84.0. The summed E-state index contributed by atoms with van der Waals surface area (Å²) in [6.07, 6.45) is 2.31. The lowest BCUT2D eigenvalue weighted by Gasteiger charge is -2.32. The van der Waals surface area contributed by atoms with Gasteiger partial charge < -0.3 is 114 Å². The Kier molecular flexibility index (Phi) is 40.3. The van der Waals surface area contributed by atoms with Crippen LogP contribution in [0.3, 0.4) is 0 Å². The number of hydroxylamine groups is 1. The van der Waals surface area contributed by atoms with Gasteiger partial charge >= 0.3 is 5.97 Å². The molecule has 624 valence electrons. The lowest BCUT2D eigenvalue weighted by atomic mass is 9.93. The molecule has 12 atom stereocenters. The average Bonchev–Trinajstić information content (AvgIpc) is 1.76. The number of unbranched alkanes of at least 4 members (excludes halogenated alkanes) is 1. The molecule has 37 nitrogen and oxygen atoms in total. The summed E-state index contributed by atoms with van der Waals surface area (Å²) in [5, 5.41) is 44.2. The summed E-state index contributed by atoms with van der Waals surface area (Å²) in [7, 11) is 0. The largest absolute Gasteiger partial charge is 0.508 e. The summed E-state index contributed by atoms with van der Waals surface area (Å²) in [5.41, 5.74) is 51.1. The quantitative estimate of drug-likeness (QED) is 0.0122. The van der Waals surface area contributed by atoms with Gasteiger partial charge in [0.2, 0.25) is 65.0 Å². The molecule has 37 heteroatoms. The Morgan fingerprint density at radius 3 is 1.57 bits per heavy atom. The third kappa shape index (κ3) is 33.6. The normalized spacial score (nSPS) is 15.3. The summed E-state index contributed by atoms with van der Waals surface area (Å²) < 4.78 is 0. The number of nitrogens with zero attached hydrogens (tertiary/aromatic N) is 4. The first kappa shape index (κ1) is 94.0. The molecule has 0 bridgehead atoms. The molecule has 1 aliphatic rings. The summed E-state index contributed by atoms with van der Waals surface area (Å²) in [6, 6.07) is 4.58. The van der Waals surface area contributed by atoms with Gasteiger partial charge in [-0.15, -0.1) is 5.48 Å². The van der Waals surface area contributed by atoms with E-state index in [2.05, 4.69) is 68.3 Å². The third-order valence-corrected chi connectivity index (χ3v) is 19.0. The molecule has 4 rings (SSSR count). The van der Waals surface area contributed by atoms with Gasteiger partial charge in [0, 0.05) is 32.6 Å². The molecule has 0 saturated carbocycles. The van der Waals surface area contributed by atoms with Crippen LogP contribution in [0.25, 0.3) is 0 Å². The van der Waals surface area contributed by atoms with Crippen molar-refractivity contribution in [3.05, 3.63) is 94.5 Å². The van der Waals surface area contributed by atoms with E-state index < -0.39 is 150 Å². The number of likely N-dealkylation sites (tertiary alicyclic amines) is 1. The highest BCUT2D eigenvalue weighted by Gasteiger charge is 2.41. The number of benzene rings is 3. The number of guanidine groups is 3. The van der Waals surface area contributed by atoms with Crippen molar-refractivity contribution in [2.75, 3.05) is 39.3 Å². The van der Waals surface area contributed by atoms with Gasteiger partial charge in [-0.05, 0) is 181 Å². The molecule has 113 heavy (non-hydrogen) atoms. The van der Waals surface area contributed by atoms with Crippen LogP contribution in [0.2, 0.25) is 0 Å². The van der Waals surface area contributed by atoms with Crippen LogP contribution in [0.5, 0.6) is 11.5 Å². The van der Waals surface area contributed by atoms with Gasteiger partial charge in [0.25, 0.3) is 0 Å². The van der Waals surface area contributed by atoms with Crippen molar-refractivity contribution in [2.45, 2.75) is 219 Å². The molecule has 0 aromatic heterocycles. The van der Waals surface area contributed by atoms with Crippen molar-refractivity contribution in [1.82, 2.24) is 58.2 Å². The molecule has 1 heterocycles. The monoisotopic (exact) mass is 1580 g/mol. The molecule has 0 spiro atoms. The minimum atomic E-state index is -1.47. The zero-order valence-corrected chi connectivity index (χ0v) is 66.0. The van der Waals surface area contributed by atoms with Crippen molar-refractivity contribution in [2.24, 2.45) is 78.6 Å². The number of rotatable bonds is 49. The highest BCUT2D eigenvalue weighted by atomic mass is 16.7. The lowest BCUT2D eigenvalue weighted by Crippen LogP contribution is -2.61. The summed E-state index contributed by atoms with van der Waals surface area (Å²) in [5.74, 6) is -11.8. The number of carbonyl (C=O) groups excluding carboxylic acids is 12. The molecule has 28 N–H and O–H groups in total. The van der Waals surface area contributed by atoms with Crippen molar-refractivity contribution in [3.63, 3.8) is 0 Å². The fourth-order valence-corrected chi connectivity index (χ4v) is 12.6. The van der Waals surface area contributed by atoms with E-state index >= 15 is 0 Å². The highest BCUT2D eigenvalue weighted by Crippen LogP contribution is 2.25. The van der Waals surface area contributed by atoms with Gasteiger partial charge in [0.1, 0.15) is 71.9 Å². The van der Waals surface area contributed by atoms with Crippen LogP contribution in [0, 0.1) is 31.6 Å². The SMILES string of the molecule is CC[C@H](C)[C@H](NC(=O)[C@H](CCCN=C(N)N)NC(=O)[C@H](CCCN=C(N)N)NC(=O)[C@H](CC(C)C)NC(=O)[C@H](Cc1ccccc1)NC(=O)[C@H](C)NC(=O)CNC(=O)[C@H](Cc1ccc(O)cc1)NOC(=O)[C@@H](C)Cc1c(C)cc(O)cc1C)C(=O)N[C@@H](CCCN=C(N)N)C(=O)N1CCC[C@H]1C(=O)N[C@@H](CCCCN)C(N)=O. The molecular formula is C76H120N22O15. The van der Waals surface area contributed by atoms with Crippen molar-refractivity contribution < 1.29 is 72.6 Å². The molecular weight excluding hydrogens is 1460 g/mol. The number of aromatic hydroxyl groups is 2. The fraction of sp³-hybridized carbons (Fsp3) is 0.566. The smallest absolute Gasteiger partial charge is 0.327 e. The second-order valence-electron chi connectivity index (χ2n) is 28.9. The van der Waals surface area contributed by atoms with Gasteiger partial charge in [0.05, 0.1) is 12.5 Å². The minimum absolute atomic E-state index is 0.0147. The number of aryl methyl sites for hydroxylation is 2. The maximum Gasteiger partial charge on any atom is 0.327 e. The van der Waals surface area contributed by atoms with Gasteiger partial charge in [-0.1, -0.05) is 83.5 Å². The predicted octanol–water partition coefficient (Wildman–Crippen LogP) is -2.33. The van der Waals surface area contributed by atoms with E-state index in [-0.39, 0.29) is 139 Å². The number of phenolic OH excluding ortho intramolecular Hbond substituents is 2. The summed E-state index contributed by atoms with van der Waals surface area (Å²) in [6.45, 7) is 13.4. The van der Waals surface area contributed by atoms with E-state index in [0.29, 0.717) is 43.4 Å². The molecule has 11 amide bonds. The van der Waals surface area contributed by atoms with Crippen LogP contribution in [0.4, 0.5) is 0 Å². The maximum absolute atomic E-state index is 14.9. The lowest BCUT2D eigenvalue weighted by molar-refractivity contribution is -0.159. The molecule has 1 fully saturated rings. The summed E-state index contributed by atoms with van der Waals surface area (Å²) in [4.78, 5) is 189. The Balaban J connectivity index is 1.58. The van der Waals surface area contributed by atoms with E-state index in [1.807, 2.05) is 0 Å². The Labute approximate surface area is 659 Å². The van der Waals surface area contributed by atoms with Crippen LogP contribution in [0.1, 0.15) is 153 Å². The Hall–Kier alpha value is -11.4. The number of nitrogens with two attached hydrogens (primary N) is 8. The van der Waals surface area contributed by atoms with Crippen LogP contribution in [-0.4, -0.2) is 204 Å². The number of amides is 11. The molecule has 0 unspecified atom stereocenters. The minimum Gasteiger partial charge on any atom is -0.508 e. The van der Waals surface area contributed by atoms with E-state index in [1.165, 1.54) is 24.0 Å². The standard InChI is InChI=1S/C76H120N22O15/c1-9-43(4)62(71(110)93-56(24-17-33-87-76(83)84)72(111)98-34-18-25-60(98)70(109)90-53(63(78)102)21-13-14-30-77)96-67(106)55(23-16-32-86-75(81)82)91-66(105)54(22-15-31-85-74(79)80)92-68(107)57(35-42(2)3)95-69(108)58(39-48-19-11-10-12-20-48)94-64(103)47(8)89-61(101)41-88-65(104)59(40-49-26-28-50(99)29-27-49)97-113-73(112)46(7)38-52-44(5)36-51(100)37-45(52)6/h10-12,19-20,26-29,36-37,42-43,46-47,53-60,62,97,99-100H,9,13-18,21-25,30-35,38-41,77H2,1-8H3,(H2,78,102)(H,88,104)(H,89,101)(H,90,109)(H,91,105)(H,92,107)(H,93,110)(H,94,103)(H,95,108)(H,96,106)(H4,79,80,85)(H4,81,82,86)(H4,83,84,87)/t43-,46-,47-,53-,54-,55-,56-,57-,58-,59-,60-,62-/m0/s1. The van der Waals surface area contributed by atoms with Gasteiger partial charge in [-0.2, -0.15) is 0 Å². The first-order valence-corrected chi connectivity index (χ1v) is 38.2.